The number of rotatable bonds is 6. The number of sulfonamides is 1. The Labute approximate surface area is 105 Å². The van der Waals surface area contributed by atoms with Crippen LogP contribution in [0.2, 0.25) is 0 Å². The summed E-state index contributed by atoms with van der Waals surface area (Å²) >= 11 is 0. The SMILES string of the molecule is CNCC1CCCN(S(=O)(=O)CC(C)OC)C1. The average Bonchev–Trinajstić information content (AvgIpc) is 2.29. The van der Waals surface area contributed by atoms with Crippen LogP contribution in [-0.4, -0.2) is 58.4 Å². The van der Waals surface area contributed by atoms with Crippen molar-refractivity contribution in [2.45, 2.75) is 25.9 Å². The van der Waals surface area contributed by atoms with Crippen LogP contribution >= 0.6 is 0 Å². The lowest BCUT2D eigenvalue weighted by molar-refractivity contribution is 0.134. The normalized spacial score (nSPS) is 24.8. The van der Waals surface area contributed by atoms with Gasteiger partial charge in [0.2, 0.25) is 10.0 Å². The molecule has 2 atom stereocenters. The topological polar surface area (TPSA) is 58.6 Å². The molecule has 0 aromatic carbocycles. The van der Waals surface area contributed by atoms with E-state index in [2.05, 4.69) is 5.32 Å². The Bertz CT molecular complexity index is 317. The number of hydrogen-bond donors (Lipinski definition) is 1. The van der Waals surface area contributed by atoms with E-state index in [1.165, 1.54) is 0 Å². The fourth-order valence-corrected chi connectivity index (χ4v) is 3.99. The number of methoxy groups -OCH3 is 1. The van der Waals surface area contributed by atoms with Crippen molar-refractivity contribution in [1.82, 2.24) is 9.62 Å². The van der Waals surface area contributed by atoms with Crippen molar-refractivity contribution < 1.29 is 13.2 Å². The molecule has 1 saturated heterocycles. The molecule has 0 spiro atoms. The zero-order valence-electron chi connectivity index (χ0n) is 11.0. The molecule has 0 aliphatic carbocycles. The molecule has 6 heteroatoms. The molecular weight excluding hydrogens is 240 g/mol. The highest BCUT2D eigenvalue weighted by molar-refractivity contribution is 7.89. The second kappa shape index (κ2) is 6.68. The highest BCUT2D eigenvalue weighted by Crippen LogP contribution is 2.19. The summed E-state index contributed by atoms with van der Waals surface area (Å²) in [6.45, 7) is 3.96. The van der Waals surface area contributed by atoms with Gasteiger partial charge in [0, 0.05) is 20.2 Å². The van der Waals surface area contributed by atoms with Gasteiger partial charge in [0.05, 0.1) is 11.9 Å². The first-order valence-corrected chi connectivity index (χ1v) is 7.75. The molecule has 1 rings (SSSR count). The van der Waals surface area contributed by atoms with Gasteiger partial charge in [0.15, 0.2) is 0 Å². The van der Waals surface area contributed by atoms with Crippen LogP contribution in [-0.2, 0) is 14.8 Å². The Kier molecular flexibility index (Phi) is 5.85. The molecule has 1 aliphatic heterocycles. The number of hydrogen-bond acceptors (Lipinski definition) is 4. The summed E-state index contributed by atoms with van der Waals surface area (Å²) in [5.41, 5.74) is 0. The van der Waals surface area contributed by atoms with E-state index >= 15 is 0 Å². The van der Waals surface area contributed by atoms with Crippen LogP contribution in [0.4, 0.5) is 0 Å². The molecule has 1 heterocycles. The summed E-state index contributed by atoms with van der Waals surface area (Å²) in [5.74, 6) is 0.511. The van der Waals surface area contributed by atoms with E-state index in [0.717, 1.165) is 19.4 Å². The first kappa shape index (κ1) is 14.9. The largest absolute Gasteiger partial charge is 0.381 e. The van der Waals surface area contributed by atoms with Crippen molar-refractivity contribution in [2.75, 3.05) is 39.5 Å². The van der Waals surface area contributed by atoms with E-state index in [9.17, 15) is 8.42 Å². The van der Waals surface area contributed by atoms with Gasteiger partial charge in [0.1, 0.15) is 0 Å². The molecule has 2 unspecified atom stereocenters. The van der Waals surface area contributed by atoms with Crippen LogP contribution in [0.3, 0.4) is 0 Å². The van der Waals surface area contributed by atoms with E-state index in [0.29, 0.717) is 19.0 Å². The number of ether oxygens (including phenoxy) is 1. The van der Waals surface area contributed by atoms with Gasteiger partial charge in [-0.15, -0.1) is 0 Å². The van der Waals surface area contributed by atoms with Gasteiger partial charge in [-0.3, -0.25) is 0 Å². The van der Waals surface area contributed by atoms with Crippen LogP contribution in [0, 0.1) is 5.92 Å². The first-order valence-electron chi connectivity index (χ1n) is 6.14. The summed E-state index contributed by atoms with van der Waals surface area (Å²) < 4.78 is 30.9. The lowest BCUT2D eigenvalue weighted by Gasteiger charge is -2.32. The van der Waals surface area contributed by atoms with Crippen molar-refractivity contribution in [3.05, 3.63) is 0 Å². The van der Waals surface area contributed by atoms with Gasteiger partial charge >= 0.3 is 0 Å². The summed E-state index contributed by atoms with van der Waals surface area (Å²) in [6, 6.07) is 0. The number of nitrogens with one attached hydrogen (secondary N) is 1. The van der Waals surface area contributed by atoms with Gasteiger partial charge in [-0.25, -0.2) is 12.7 Å². The predicted molar refractivity (Wildman–Crippen MR) is 68.5 cm³/mol. The van der Waals surface area contributed by atoms with Gasteiger partial charge < -0.3 is 10.1 Å². The minimum absolute atomic E-state index is 0.0791. The molecule has 0 bridgehead atoms. The van der Waals surface area contributed by atoms with E-state index in [1.807, 2.05) is 7.05 Å². The molecule has 17 heavy (non-hydrogen) atoms. The van der Waals surface area contributed by atoms with Gasteiger partial charge in [-0.2, -0.15) is 0 Å². The highest BCUT2D eigenvalue weighted by Gasteiger charge is 2.29. The summed E-state index contributed by atoms with van der Waals surface area (Å²) in [4.78, 5) is 0. The van der Waals surface area contributed by atoms with E-state index in [-0.39, 0.29) is 11.9 Å². The maximum absolute atomic E-state index is 12.1. The minimum atomic E-state index is -3.17. The fourth-order valence-electron chi connectivity index (χ4n) is 2.20. The standard InChI is InChI=1S/C11H24N2O3S/c1-10(16-3)9-17(14,15)13-6-4-5-11(8-13)7-12-2/h10-12H,4-9H2,1-3H3. The molecule has 0 aromatic heterocycles. The van der Waals surface area contributed by atoms with E-state index in [1.54, 1.807) is 18.3 Å². The number of nitrogens with zero attached hydrogens (tertiary/aromatic N) is 1. The molecule has 0 aromatic rings. The average molecular weight is 264 g/mol. The third-order valence-corrected chi connectivity index (χ3v) is 5.22. The maximum atomic E-state index is 12.1. The van der Waals surface area contributed by atoms with Crippen LogP contribution in [0.1, 0.15) is 19.8 Å². The molecule has 102 valence electrons. The summed E-state index contributed by atoms with van der Waals surface area (Å²) in [7, 11) is 0.280. The molecule has 0 radical (unpaired) electrons. The predicted octanol–water partition coefficient (Wildman–Crippen LogP) is 0.283. The minimum Gasteiger partial charge on any atom is -0.381 e. The Balaban J connectivity index is 2.58. The van der Waals surface area contributed by atoms with Crippen molar-refractivity contribution in [3.63, 3.8) is 0 Å². The Morgan fingerprint density at radius 1 is 1.53 bits per heavy atom. The van der Waals surface area contributed by atoms with Crippen molar-refractivity contribution >= 4 is 10.0 Å². The quantitative estimate of drug-likeness (QED) is 0.749. The Hall–Kier alpha value is -0.170. The molecule has 1 aliphatic rings. The maximum Gasteiger partial charge on any atom is 0.216 e. The fraction of sp³-hybridized carbons (Fsp3) is 1.00. The van der Waals surface area contributed by atoms with Crippen LogP contribution in [0.5, 0.6) is 0 Å². The first-order chi connectivity index (χ1) is 7.99. The van der Waals surface area contributed by atoms with Gasteiger partial charge in [-0.05, 0) is 39.3 Å². The second-order valence-corrected chi connectivity index (χ2v) is 6.76. The van der Waals surface area contributed by atoms with Crippen molar-refractivity contribution in [3.8, 4) is 0 Å². The Morgan fingerprint density at radius 3 is 2.82 bits per heavy atom. The summed E-state index contributed by atoms with van der Waals surface area (Å²) in [6.07, 6.45) is 1.81. The lowest BCUT2D eigenvalue weighted by atomic mass is 10.00. The third kappa shape index (κ3) is 4.54. The lowest BCUT2D eigenvalue weighted by Crippen LogP contribution is -2.44. The molecular formula is C11H24N2O3S. The van der Waals surface area contributed by atoms with Crippen LogP contribution in [0.25, 0.3) is 0 Å². The smallest absolute Gasteiger partial charge is 0.216 e. The molecule has 0 saturated carbocycles. The number of piperidine rings is 1. The van der Waals surface area contributed by atoms with E-state index in [4.69, 9.17) is 4.74 Å². The second-order valence-electron chi connectivity index (χ2n) is 4.75. The molecule has 1 N–H and O–H groups in total. The van der Waals surface area contributed by atoms with Crippen LogP contribution < -0.4 is 5.32 Å². The molecule has 0 amide bonds. The van der Waals surface area contributed by atoms with E-state index < -0.39 is 10.0 Å². The monoisotopic (exact) mass is 264 g/mol. The highest BCUT2D eigenvalue weighted by atomic mass is 32.2. The third-order valence-electron chi connectivity index (χ3n) is 3.22. The zero-order valence-corrected chi connectivity index (χ0v) is 11.8. The zero-order chi connectivity index (χ0) is 12.9. The van der Waals surface area contributed by atoms with Crippen molar-refractivity contribution in [1.29, 1.82) is 0 Å². The van der Waals surface area contributed by atoms with Gasteiger partial charge in [0.25, 0.3) is 0 Å². The Morgan fingerprint density at radius 2 is 2.24 bits per heavy atom. The summed E-state index contributed by atoms with van der Waals surface area (Å²) in [5, 5.41) is 3.12. The molecule has 5 nitrogen and oxygen atoms in total. The molecule has 1 fully saturated rings. The van der Waals surface area contributed by atoms with Gasteiger partial charge in [-0.1, -0.05) is 0 Å². The van der Waals surface area contributed by atoms with Crippen LogP contribution in [0.15, 0.2) is 0 Å². The van der Waals surface area contributed by atoms with Crippen molar-refractivity contribution in [2.24, 2.45) is 5.92 Å².